The summed E-state index contributed by atoms with van der Waals surface area (Å²) in [7, 11) is 1.62. The Kier molecular flexibility index (Phi) is 5.57. The van der Waals surface area contributed by atoms with Crippen LogP contribution >= 0.6 is 0 Å². The number of amides is 1. The summed E-state index contributed by atoms with van der Waals surface area (Å²) < 4.78 is 4.85. The first kappa shape index (κ1) is 12.7. The second kappa shape index (κ2) is 7.01. The molecule has 0 saturated carbocycles. The second-order valence-electron chi connectivity index (χ2n) is 3.61. The van der Waals surface area contributed by atoms with E-state index in [2.05, 4.69) is 5.32 Å². The topological polar surface area (TPSA) is 38.3 Å². The van der Waals surface area contributed by atoms with Crippen LogP contribution in [0.25, 0.3) is 0 Å². The number of carbonyl (C=O) groups is 1. The molecule has 1 amide bonds. The van der Waals surface area contributed by atoms with Gasteiger partial charge in [-0.15, -0.1) is 0 Å². The van der Waals surface area contributed by atoms with E-state index < -0.39 is 0 Å². The molecule has 1 aromatic rings. The maximum atomic E-state index is 11.4. The lowest BCUT2D eigenvalue weighted by atomic mass is 10.0. The molecule has 87 valence electrons. The van der Waals surface area contributed by atoms with E-state index in [-0.39, 0.29) is 5.91 Å². The van der Waals surface area contributed by atoms with Crippen LogP contribution in [0, 0.1) is 13.3 Å². The molecule has 0 aliphatic carbocycles. The van der Waals surface area contributed by atoms with Gasteiger partial charge >= 0.3 is 0 Å². The molecule has 0 unspecified atom stereocenters. The predicted molar refractivity (Wildman–Crippen MR) is 64.1 cm³/mol. The molecule has 0 aliphatic heterocycles. The summed E-state index contributed by atoms with van der Waals surface area (Å²) in [5, 5.41) is 2.78. The molecule has 1 N–H and O–H groups in total. The second-order valence-corrected chi connectivity index (χ2v) is 3.61. The lowest BCUT2D eigenvalue weighted by molar-refractivity contribution is -0.120. The highest BCUT2D eigenvalue weighted by Gasteiger charge is 2.03. The van der Waals surface area contributed by atoms with Crippen LogP contribution in [0.15, 0.2) is 24.3 Å². The SMILES string of the molecule is COCCNC(=O)C[CH]c1ccccc1C. The normalized spacial score (nSPS) is 10.1. The van der Waals surface area contributed by atoms with Gasteiger partial charge in [-0.1, -0.05) is 24.3 Å². The third-order valence-corrected chi connectivity index (χ3v) is 2.32. The minimum absolute atomic E-state index is 0.0281. The minimum atomic E-state index is 0.0281. The summed E-state index contributed by atoms with van der Waals surface area (Å²) in [5.74, 6) is 0.0281. The molecule has 3 nitrogen and oxygen atoms in total. The number of benzene rings is 1. The molecule has 0 atom stereocenters. The Morgan fingerprint density at radius 2 is 2.19 bits per heavy atom. The Bertz CT molecular complexity index is 336. The zero-order valence-corrected chi connectivity index (χ0v) is 9.82. The zero-order chi connectivity index (χ0) is 11.8. The predicted octanol–water partition coefficient (Wildman–Crippen LogP) is 1.70. The van der Waals surface area contributed by atoms with Crippen LogP contribution in [0.4, 0.5) is 0 Å². The number of nitrogens with one attached hydrogen (secondary N) is 1. The number of ether oxygens (including phenoxy) is 1. The van der Waals surface area contributed by atoms with Gasteiger partial charge in [0.15, 0.2) is 0 Å². The van der Waals surface area contributed by atoms with Gasteiger partial charge in [-0.05, 0) is 18.1 Å². The molecule has 16 heavy (non-hydrogen) atoms. The summed E-state index contributed by atoms with van der Waals surface area (Å²) in [4.78, 5) is 11.4. The standard InChI is InChI=1S/C13H18NO2/c1-11-5-3-4-6-12(11)7-8-13(15)14-9-10-16-2/h3-7H,8-10H2,1-2H3,(H,14,15). The van der Waals surface area contributed by atoms with Crippen molar-refractivity contribution in [1.29, 1.82) is 0 Å². The zero-order valence-electron chi connectivity index (χ0n) is 9.82. The first-order valence-electron chi connectivity index (χ1n) is 5.38. The molecule has 1 aromatic carbocycles. The van der Waals surface area contributed by atoms with Crippen molar-refractivity contribution in [2.24, 2.45) is 0 Å². The van der Waals surface area contributed by atoms with Gasteiger partial charge in [0.2, 0.25) is 5.91 Å². The Morgan fingerprint density at radius 1 is 1.44 bits per heavy atom. The quantitative estimate of drug-likeness (QED) is 0.741. The van der Waals surface area contributed by atoms with Crippen LogP contribution in [-0.4, -0.2) is 26.2 Å². The number of rotatable bonds is 6. The number of aryl methyl sites for hydroxylation is 1. The molecule has 1 radical (unpaired) electrons. The number of methoxy groups -OCH3 is 1. The van der Waals surface area contributed by atoms with Crippen molar-refractivity contribution >= 4 is 5.91 Å². The maximum absolute atomic E-state index is 11.4. The number of hydrogen-bond donors (Lipinski definition) is 1. The van der Waals surface area contributed by atoms with Crippen molar-refractivity contribution in [1.82, 2.24) is 5.32 Å². The molecule has 0 saturated heterocycles. The highest BCUT2D eigenvalue weighted by atomic mass is 16.5. The summed E-state index contributed by atoms with van der Waals surface area (Å²) in [6.45, 7) is 3.15. The molecular formula is C13H18NO2. The molecule has 0 bridgehead atoms. The van der Waals surface area contributed by atoms with E-state index in [0.717, 1.165) is 5.56 Å². The molecule has 1 rings (SSSR count). The lowest BCUT2D eigenvalue weighted by Gasteiger charge is -2.06. The van der Waals surface area contributed by atoms with Crippen LogP contribution in [0.1, 0.15) is 17.5 Å². The van der Waals surface area contributed by atoms with Gasteiger partial charge < -0.3 is 10.1 Å². The van der Waals surface area contributed by atoms with Gasteiger partial charge in [0, 0.05) is 26.5 Å². The average molecular weight is 220 g/mol. The van der Waals surface area contributed by atoms with Crippen molar-refractivity contribution in [3.63, 3.8) is 0 Å². The highest BCUT2D eigenvalue weighted by molar-refractivity contribution is 5.77. The van der Waals surface area contributed by atoms with E-state index in [1.807, 2.05) is 37.6 Å². The van der Waals surface area contributed by atoms with E-state index in [1.54, 1.807) is 7.11 Å². The fourth-order valence-corrected chi connectivity index (χ4v) is 1.38. The van der Waals surface area contributed by atoms with Gasteiger partial charge in [0.25, 0.3) is 0 Å². The highest BCUT2D eigenvalue weighted by Crippen LogP contribution is 2.10. The van der Waals surface area contributed by atoms with Gasteiger partial charge in [-0.25, -0.2) is 0 Å². The molecule has 0 fully saturated rings. The Labute approximate surface area is 96.8 Å². The maximum Gasteiger partial charge on any atom is 0.220 e. The van der Waals surface area contributed by atoms with Crippen molar-refractivity contribution in [3.05, 3.63) is 41.8 Å². The van der Waals surface area contributed by atoms with Gasteiger partial charge in [0.05, 0.1) is 6.61 Å². The summed E-state index contributed by atoms with van der Waals surface area (Å²) >= 11 is 0. The van der Waals surface area contributed by atoms with Gasteiger partial charge in [0.1, 0.15) is 0 Å². The molecule has 0 heterocycles. The molecule has 0 aromatic heterocycles. The van der Waals surface area contributed by atoms with Crippen LogP contribution in [0.2, 0.25) is 0 Å². The summed E-state index contributed by atoms with van der Waals surface area (Å²) in [6, 6.07) is 8.01. The van der Waals surface area contributed by atoms with E-state index in [0.29, 0.717) is 19.6 Å². The van der Waals surface area contributed by atoms with E-state index in [1.165, 1.54) is 5.56 Å². The molecular weight excluding hydrogens is 202 g/mol. The first-order valence-corrected chi connectivity index (χ1v) is 5.38. The fraction of sp³-hybridized carbons (Fsp3) is 0.385. The Hall–Kier alpha value is -1.35. The van der Waals surface area contributed by atoms with Crippen molar-refractivity contribution < 1.29 is 9.53 Å². The van der Waals surface area contributed by atoms with Crippen molar-refractivity contribution in [2.75, 3.05) is 20.3 Å². The van der Waals surface area contributed by atoms with Crippen LogP contribution in [0.5, 0.6) is 0 Å². The number of hydrogen-bond acceptors (Lipinski definition) is 2. The molecule has 3 heteroatoms. The molecule has 0 spiro atoms. The lowest BCUT2D eigenvalue weighted by Crippen LogP contribution is -2.26. The van der Waals surface area contributed by atoms with Crippen LogP contribution in [-0.2, 0) is 9.53 Å². The van der Waals surface area contributed by atoms with Crippen molar-refractivity contribution in [3.8, 4) is 0 Å². The third-order valence-electron chi connectivity index (χ3n) is 2.32. The fourth-order valence-electron chi connectivity index (χ4n) is 1.38. The average Bonchev–Trinajstić information content (AvgIpc) is 2.28. The van der Waals surface area contributed by atoms with Crippen molar-refractivity contribution in [2.45, 2.75) is 13.3 Å². The summed E-state index contributed by atoms with van der Waals surface area (Å²) in [5.41, 5.74) is 2.30. The Morgan fingerprint density at radius 3 is 2.88 bits per heavy atom. The summed E-state index contributed by atoms with van der Waals surface area (Å²) in [6.07, 6.45) is 2.35. The third kappa shape index (κ3) is 4.45. The Balaban J connectivity index is 2.29. The smallest absolute Gasteiger partial charge is 0.220 e. The number of carbonyl (C=O) groups excluding carboxylic acids is 1. The largest absolute Gasteiger partial charge is 0.383 e. The van der Waals surface area contributed by atoms with Crippen LogP contribution in [0.3, 0.4) is 0 Å². The van der Waals surface area contributed by atoms with Crippen LogP contribution < -0.4 is 5.32 Å². The van der Waals surface area contributed by atoms with Gasteiger partial charge in [-0.2, -0.15) is 0 Å². The van der Waals surface area contributed by atoms with E-state index >= 15 is 0 Å². The van der Waals surface area contributed by atoms with E-state index in [4.69, 9.17) is 4.74 Å². The van der Waals surface area contributed by atoms with E-state index in [9.17, 15) is 4.79 Å². The first-order chi connectivity index (χ1) is 7.74. The minimum Gasteiger partial charge on any atom is -0.383 e. The molecule has 0 aliphatic rings. The monoisotopic (exact) mass is 220 g/mol. The van der Waals surface area contributed by atoms with Gasteiger partial charge in [-0.3, -0.25) is 4.79 Å².